The number of hydrogen-bond donors (Lipinski definition) is 1. The van der Waals surface area contributed by atoms with E-state index >= 15 is 0 Å². The average molecular weight is 194 g/mol. The summed E-state index contributed by atoms with van der Waals surface area (Å²) in [6.45, 7) is 4.02. The van der Waals surface area contributed by atoms with Crippen molar-refractivity contribution < 1.29 is 14.6 Å². The molecule has 1 rings (SSSR count). The Labute approximate surface area is 83.3 Å². The summed E-state index contributed by atoms with van der Waals surface area (Å²) in [5.74, 6) is -0.204. The predicted molar refractivity (Wildman–Crippen MR) is 53.8 cm³/mol. The van der Waals surface area contributed by atoms with Gasteiger partial charge in [0.25, 0.3) is 0 Å². The van der Waals surface area contributed by atoms with Gasteiger partial charge < -0.3 is 9.84 Å². The Bertz CT molecular complexity index is 303. The van der Waals surface area contributed by atoms with Crippen LogP contribution in [0.1, 0.15) is 30.6 Å². The zero-order chi connectivity index (χ0) is 10.6. The smallest absolute Gasteiger partial charge is 0.335 e. The monoisotopic (exact) mass is 194 g/mol. The van der Waals surface area contributed by atoms with E-state index in [-0.39, 0.29) is 11.7 Å². The topological polar surface area (TPSA) is 46.5 Å². The van der Waals surface area contributed by atoms with Crippen molar-refractivity contribution in [3.63, 3.8) is 0 Å². The lowest BCUT2D eigenvalue weighted by Gasteiger charge is -2.12. The summed E-state index contributed by atoms with van der Waals surface area (Å²) in [5.41, 5.74) is 0.279. The fourth-order valence-electron chi connectivity index (χ4n) is 0.992. The van der Waals surface area contributed by atoms with Crippen LogP contribution >= 0.6 is 0 Å². The fourth-order valence-corrected chi connectivity index (χ4v) is 0.992. The van der Waals surface area contributed by atoms with Gasteiger partial charge in [-0.1, -0.05) is 6.92 Å². The third-order valence-corrected chi connectivity index (χ3v) is 2.01. The van der Waals surface area contributed by atoms with Gasteiger partial charge in [-0.05, 0) is 37.6 Å². The van der Waals surface area contributed by atoms with Gasteiger partial charge in [0.1, 0.15) is 5.75 Å². The molecular weight excluding hydrogens is 180 g/mol. The molecule has 0 saturated carbocycles. The van der Waals surface area contributed by atoms with Crippen LogP contribution in [-0.2, 0) is 0 Å². The lowest BCUT2D eigenvalue weighted by atomic mass is 10.2. The van der Waals surface area contributed by atoms with E-state index in [9.17, 15) is 4.79 Å². The Balaban J connectivity index is 2.68. The Hall–Kier alpha value is -1.51. The van der Waals surface area contributed by atoms with Crippen molar-refractivity contribution in [1.29, 1.82) is 0 Å². The number of carboxylic acids is 1. The molecule has 0 aliphatic rings. The van der Waals surface area contributed by atoms with Crippen molar-refractivity contribution in [2.75, 3.05) is 0 Å². The second kappa shape index (κ2) is 4.65. The maximum atomic E-state index is 10.5. The molecule has 0 aliphatic heterocycles. The number of benzene rings is 1. The largest absolute Gasteiger partial charge is 0.491 e. The normalized spacial score (nSPS) is 12.1. The van der Waals surface area contributed by atoms with E-state index in [1.54, 1.807) is 24.3 Å². The molecule has 0 radical (unpaired) electrons. The predicted octanol–water partition coefficient (Wildman–Crippen LogP) is 2.56. The standard InChI is InChI=1S/C11H14O3/c1-3-8(2)14-10-6-4-9(5-7-10)11(12)13/h4-8H,3H2,1-2H3,(H,12,13)/t8-/m1/s1. The molecule has 3 nitrogen and oxygen atoms in total. The average Bonchev–Trinajstić information content (AvgIpc) is 2.18. The highest BCUT2D eigenvalue weighted by Crippen LogP contribution is 2.14. The fraction of sp³-hybridized carbons (Fsp3) is 0.364. The minimum absolute atomic E-state index is 0.158. The van der Waals surface area contributed by atoms with Gasteiger partial charge in [-0.3, -0.25) is 0 Å². The number of hydrogen-bond acceptors (Lipinski definition) is 2. The quantitative estimate of drug-likeness (QED) is 0.801. The van der Waals surface area contributed by atoms with E-state index in [1.807, 2.05) is 13.8 Å². The molecule has 76 valence electrons. The molecule has 0 aromatic heterocycles. The molecule has 0 amide bonds. The van der Waals surface area contributed by atoms with Crippen molar-refractivity contribution in [1.82, 2.24) is 0 Å². The molecule has 0 heterocycles. The number of carboxylic acid groups (broad SMARTS) is 1. The van der Waals surface area contributed by atoms with Crippen molar-refractivity contribution in [3.8, 4) is 5.75 Å². The van der Waals surface area contributed by atoms with Crippen LogP contribution in [-0.4, -0.2) is 17.2 Å². The van der Waals surface area contributed by atoms with Crippen LogP contribution in [0, 0.1) is 0 Å². The molecule has 3 heteroatoms. The summed E-state index contributed by atoms with van der Waals surface area (Å²) in [6.07, 6.45) is 1.09. The van der Waals surface area contributed by atoms with Crippen LogP contribution in [0.4, 0.5) is 0 Å². The zero-order valence-corrected chi connectivity index (χ0v) is 8.36. The summed E-state index contributed by atoms with van der Waals surface area (Å²) in [5, 5.41) is 8.66. The van der Waals surface area contributed by atoms with Crippen molar-refractivity contribution in [3.05, 3.63) is 29.8 Å². The van der Waals surface area contributed by atoms with Crippen LogP contribution in [0.3, 0.4) is 0 Å². The lowest BCUT2D eigenvalue weighted by molar-refractivity contribution is 0.0697. The van der Waals surface area contributed by atoms with E-state index in [2.05, 4.69) is 0 Å². The molecule has 0 saturated heterocycles. The van der Waals surface area contributed by atoms with Crippen LogP contribution in [0.5, 0.6) is 5.75 Å². The SMILES string of the molecule is CC[C@@H](C)Oc1ccc(C(=O)O)cc1. The number of carbonyl (C=O) groups is 1. The summed E-state index contributed by atoms with van der Waals surface area (Å²) in [4.78, 5) is 10.5. The van der Waals surface area contributed by atoms with Crippen molar-refractivity contribution in [2.24, 2.45) is 0 Å². The van der Waals surface area contributed by atoms with Crippen molar-refractivity contribution in [2.45, 2.75) is 26.4 Å². The van der Waals surface area contributed by atoms with Crippen molar-refractivity contribution >= 4 is 5.97 Å². The first-order chi connectivity index (χ1) is 6.63. The Kier molecular flexibility index (Phi) is 3.51. The molecule has 0 spiro atoms. The second-order valence-corrected chi connectivity index (χ2v) is 3.17. The Morgan fingerprint density at radius 3 is 2.43 bits per heavy atom. The molecule has 1 aromatic carbocycles. The van der Waals surface area contributed by atoms with E-state index in [4.69, 9.17) is 9.84 Å². The first kappa shape index (κ1) is 10.6. The number of aromatic carboxylic acids is 1. The number of ether oxygens (including phenoxy) is 1. The molecule has 0 unspecified atom stereocenters. The van der Waals surface area contributed by atoms with Gasteiger partial charge in [0.05, 0.1) is 11.7 Å². The van der Waals surface area contributed by atoms with Gasteiger partial charge in [0, 0.05) is 0 Å². The maximum absolute atomic E-state index is 10.5. The summed E-state index contributed by atoms with van der Waals surface area (Å²) < 4.78 is 5.51. The third kappa shape index (κ3) is 2.76. The Morgan fingerprint density at radius 1 is 1.43 bits per heavy atom. The van der Waals surface area contributed by atoms with E-state index in [1.165, 1.54) is 0 Å². The van der Waals surface area contributed by atoms with Crippen LogP contribution < -0.4 is 4.74 Å². The lowest BCUT2D eigenvalue weighted by Crippen LogP contribution is -2.09. The highest BCUT2D eigenvalue weighted by molar-refractivity contribution is 5.87. The van der Waals surface area contributed by atoms with Gasteiger partial charge in [-0.25, -0.2) is 4.79 Å². The third-order valence-electron chi connectivity index (χ3n) is 2.01. The molecule has 14 heavy (non-hydrogen) atoms. The Morgan fingerprint density at radius 2 is 2.00 bits per heavy atom. The van der Waals surface area contributed by atoms with Crippen LogP contribution in [0.15, 0.2) is 24.3 Å². The molecule has 0 fully saturated rings. The summed E-state index contributed by atoms with van der Waals surface area (Å²) >= 11 is 0. The summed E-state index contributed by atoms with van der Waals surface area (Å²) in [7, 11) is 0. The molecule has 0 aliphatic carbocycles. The minimum atomic E-state index is -0.917. The van der Waals surface area contributed by atoms with Crippen LogP contribution in [0.2, 0.25) is 0 Å². The van der Waals surface area contributed by atoms with E-state index < -0.39 is 5.97 Å². The molecular formula is C11H14O3. The van der Waals surface area contributed by atoms with Crippen LogP contribution in [0.25, 0.3) is 0 Å². The highest BCUT2D eigenvalue weighted by Gasteiger charge is 2.04. The highest BCUT2D eigenvalue weighted by atomic mass is 16.5. The minimum Gasteiger partial charge on any atom is -0.491 e. The molecule has 1 atom stereocenters. The second-order valence-electron chi connectivity index (χ2n) is 3.17. The first-order valence-electron chi connectivity index (χ1n) is 4.63. The number of rotatable bonds is 4. The van der Waals surface area contributed by atoms with Gasteiger partial charge in [-0.15, -0.1) is 0 Å². The maximum Gasteiger partial charge on any atom is 0.335 e. The summed E-state index contributed by atoms with van der Waals surface area (Å²) in [6, 6.07) is 6.44. The van der Waals surface area contributed by atoms with E-state index in [0.717, 1.165) is 6.42 Å². The van der Waals surface area contributed by atoms with Gasteiger partial charge in [0.15, 0.2) is 0 Å². The van der Waals surface area contributed by atoms with Gasteiger partial charge >= 0.3 is 5.97 Å². The van der Waals surface area contributed by atoms with Gasteiger partial charge in [0.2, 0.25) is 0 Å². The van der Waals surface area contributed by atoms with Gasteiger partial charge in [-0.2, -0.15) is 0 Å². The first-order valence-corrected chi connectivity index (χ1v) is 4.63. The molecule has 0 bridgehead atoms. The molecule has 1 N–H and O–H groups in total. The molecule has 1 aromatic rings. The zero-order valence-electron chi connectivity index (χ0n) is 8.36. The van der Waals surface area contributed by atoms with E-state index in [0.29, 0.717) is 5.75 Å².